The van der Waals surface area contributed by atoms with Crippen LogP contribution in [0.3, 0.4) is 0 Å². The number of hydrogen-bond donors (Lipinski definition) is 1. The minimum absolute atomic E-state index is 0.150. The molecule has 12 heavy (non-hydrogen) atoms. The molecule has 0 saturated carbocycles. The molecule has 0 radical (unpaired) electrons. The highest BCUT2D eigenvalue weighted by atomic mass is 19.3. The summed E-state index contributed by atoms with van der Waals surface area (Å²) in [6, 6.07) is 0. The van der Waals surface area contributed by atoms with Crippen LogP contribution < -0.4 is 0 Å². The number of halogens is 2. The first-order valence-electron chi connectivity index (χ1n) is 3.91. The topological polar surface area (TPSA) is 35.8 Å². The molecule has 0 unspecified atom stereocenters. The summed E-state index contributed by atoms with van der Waals surface area (Å²) in [6.45, 7) is 2.65. The van der Waals surface area contributed by atoms with Gasteiger partial charge in [0.05, 0.1) is 6.54 Å². The van der Waals surface area contributed by atoms with Gasteiger partial charge in [-0.3, -0.25) is 4.90 Å². The van der Waals surface area contributed by atoms with Crippen molar-refractivity contribution in [2.45, 2.75) is 19.3 Å². The van der Waals surface area contributed by atoms with Crippen LogP contribution in [0.25, 0.3) is 0 Å². The van der Waals surface area contributed by atoms with Crippen molar-refractivity contribution in [3.8, 4) is 0 Å². The molecule has 1 fully saturated rings. The molecule has 0 spiro atoms. The molecule has 1 saturated heterocycles. The highest BCUT2D eigenvalue weighted by molar-refractivity contribution is 5.91. The fourth-order valence-electron chi connectivity index (χ4n) is 1.29. The van der Waals surface area contributed by atoms with E-state index in [1.165, 1.54) is 0 Å². The Morgan fingerprint density at radius 2 is 2.33 bits per heavy atom. The molecule has 3 nitrogen and oxygen atoms in total. The number of nitrogens with zero attached hydrogens (tertiary/aromatic N) is 2. The quantitative estimate of drug-likeness (QED) is 0.483. The average Bonchev–Trinajstić information content (AvgIpc) is 2.02. The molecule has 0 aromatic carbocycles. The average molecular weight is 178 g/mol. The molecule has 1 aliphatic rings. The molecule has 70 valence electrons. The van der Waals surface area contributed by atoms with E-state index in [0.717, 1.165) is 0 Å². The van der Waals surface area contributed by atoms with Crippen LogP contribution in [-0.4, -0.2) is 41.4 Å². The Balaban J connectivity index is 2.67. The van der Waals surface area contributed by atoms with E-state index in [4.69, 9.17) is 5.21 Å². The first-order chi connectivity index (χ1) is 5.60. The zero-order valence-electron chi connectivity index (χ0n) is 6.93. The number of piperidine rings is 1. The van der Waals surface area contributed by atoms with Gasteiger partial charge in [0.2, 0.25) is 0 Å². The minimum atomic E-state index is -2.96. The molecule has 0 aromatic rings. The molecule has 0 amide bonds. The maximum atomic E-state index is 13.0. The summed E-state index contributed by atoms with van der Waals surface area (Å²) in [4.78, 5) is 1.63. The van der Waals surface area contributed by atoms with Gasteiger partial charge in [-0.25, -0.2) is 0 Å². The summed E-state index contributed by atoms with van der Waals surface area (Å²) in [7, 11) is 0. The van der Waals surface area contributed by atoms with Gasteiger partial charge in [0.25, 0.3) is 0 Å². The van der Waals surface area contributed by atoms with E-state index in [2.05, 4.69) is 5.16 Å². The van der Waals surface area contributed by atoms with E-state index < -0.39 is 11.6 Å². The lowest BCUT2D eigenvalue weighted by atomic mass is 10.1. The Labute approximate surface area is 69.7 Å². The second-order valence-electron chi connectivity index (χ2n) is 2.87. The van der Waals surface area contributed by atoms with Crippen molar-refractivity contribution >= 4 is 5.71 Å². The van der Waals surface area contributed by atoms with Crippen molar-refractivity contribution in [3.05, 3.63) is 0 Å². The zero-order chi connectivity index (χ0) is 9.19. The lowest BCUT2D eigenvalue weighted by Gasteiger charge is -2.31. The number of hydrogen-bond acceptors (Lipinski definition) is 3. The summed E-state index contributed by atoms with van der Waals surface area (Å²) in [5.41, 5.74) is -0.396. The predicted octanol–water partition coefficient (Wildman–Crippen LogP) is 1.18. The van der Waals surface area contributed by atoms with E-state index in [0.29, 0.717) is 13.1 Å². The second-order valence-corrected chi connectivity index (χ2v) is 2.87. The standard InChI is InChI=1S/C7H12F2N2O/c1-2-11-4-3-6(10-12)7(8,9)5-11/h12H,2-5H2,1H3. The molecule has 0 bridgehead atoms. The smallest absolute Gasteiger partial charge is 0.301 e. The molecule has 0 atom stereocenters. The third kappa shape index (κ3) is 1.72. The van der Waals surface area contributed by atoms with Crippen LogP contribution in [0.2, 0.25) is 0 Å². The van der Waals surface area contributed by atoms with Crippen molar-refractivity contribution in [2.75, 3.05) is 19.6 Å². The van der Waals surface area contributed by atoms with Gasteiger partial charge in [-0.15, -0.1) is 0 Å². The third-order valence-corrected chi connectivity index (χ3v) is 2.08. The Hall–Kier alpha value is -0.710. The highest BCUT2D eigenvalue weighted by Crippen LogP contribution is 2.24. The fourth-order valence-corrected chi connectivity index (χ4v) is 1.29. The second kappa shape index (κ2) is 3.35. The van der Waals surface area contributed by atoms with Gasteiger partial charge in [-0.1, -0.05) is 12.1 Å². The van der Waals surface area contributed by atoms with Crippen molar-refractivity contribution in [1.29, 1.82) is 0 Å². The van der Waals surface area contributed by atoms with Gasteiger partial charge in [0.1, 0.15) is 5.71 Å². The van der Waals surface area contributed by atoms with Gasteiger partial charge in [-0.2, -0.15) is 8.78 Å². The summed E-state index contributed by atoms with van der Waals surface area (Å²) in [5, 5.41) is 10.9. The van der Waals surface area contributed by atoms with E-state index in [-0.39, 0.29) is 13.0 Å². The molecule has 1 N–H and O–H groups in total. The Kier molecular flexibility index (Phi) is 2.62. The van der Waals surface area contributed by atoms with Gasteiger partial charge >= 0.3 is 5.92 Å². The van der Waals surface area contributed by atoms with Crippen LogP contribution >= 0.6 is 0 Å². The SMILES string of the molecule is CCN1CCC(=NO)C(F)(F)C1. The molecular formula is C7H12F2N2O. The normalized spacial score (nSPS) is 27.8. The van der Waals surface area contributed by atoms with Gasteiger partial charge in [0.15, 0.2) is 0 Å². The predicted molar refractivity (Wildman–Crippen MR) is 40.9 cm³/mol. The van der Waals surface area contributed by atoms with Gasteiger partial charge in [0, 0.05) is 13.0 Å². The largest absolute Gasteiger partial charge is 0.411 e. The van der Waals surface area contributed by atoms with Crippen molar-refractivity contribution in [1.82, 2.24) is 4.90 Å². The zero-order valence-corrected chi connectivity index (χ0v) is 6.93. The fraction of sp³-hybridized carbons (Fsp3) is 0.857. The number of oxime groups is 1. The summed E-state index contributed by atoms with van der Waals surface area (Å²) >= 11 is 0. The van der Waals surface area contributed by atoms with E-state index in [1.54, 1.807) is 4.90 Å². The van der Waals surface area contributed by atoms with Crippen LogP contribution in [0.5, 0.6) is 0 Å². The van der Waals surface area contributed by atoms with Gasteiger partial charge in [-0.05, 0) is 6.54 Å². The van der Waals surface area contributed by atoms with Crippen LogP contribution in [0, 0.1) is 0 Å². The third-order valence-electron chi connectivity index (χ3n) is 2.08. The van der Waals surface area contributed by atoms with Crippen molar-refractivity contribution in [2.24, 2.45) is 5.16 Å². The van der Waals surface area contributed by atoms with Gasteiger partial charge < -0.3 is 5.21 Å². The summed E-state index contributed by atoms with van der Waals surface area (Å²) in [6.07, 6.45) is 0.150. The number of likely N-dealkylation sites (tertiary alicyclic amines) is 1. The monoisotopic (exact) mass is 178 g/mol. The van der Waals surface area contributed by atoms with Crippen LogP contribution in [0.1, 0.15) is 13.3 Å². The van der Waals surface area contributed by atoms with E-state index >= 15 is 0 Å². The van der Waals surface area contributed by atoms with E-state index in [9.17, 15) is 8.78 Å². The van der Waals surface area contributed by atoms with Crippen LogP contribution in [0.4, 0.5) is 8.78 Å². The van der Waals surface area contributed by atoms with Crippen LogP contribution in [-0.2, 0) is 0 Å². The summed E-state index contributed by atoms with van der Waals surface area (Å²) < 4.78 is 25.9. The first-order valence-corrected chi connectivity index (χ1v) is 3.91. The minimum Gasteiger partial charge on any atom is -0.411 e. The lowest BCUT2D eigenvalue weighted by molar-refractivity contribution is 0.0160. The molecule has 1 aliphatic heterocycles. The first kappa shape index (κ1) is 9.38. The number of rotatable bonds is 1. The molecule has 5 heteroatoms. The Morgan fingerprint density at radius 3 is 2.75 bits per heavy atom. The maximum Gasteiger partial charge on any atom is 0.301 e. The summed E-state index contributed by atoms with van der Waals surface area (Å²) in [5.74, 6) is -2.96. The maximum absolute atomic E-state index is 13.0. The van der Waals surface area contributed by atoms with Crippen molar-refractivity contribution < 1.29 is 14.0 Å². The Morgan fingerprint density at radius 1 is 1.67 bits per heavy atom. The van der Waals surface area contributed by atoms with E-state index in [1.807, 2.05) is 6.92 Å². The molecule has 1 heterocycles. The van der Waals surface area contributed by atoms with Crippen molar-refractivity contribution in [3.63, 3.8) is 0 Å². The molecular weight excluding hydrogens is 166 g/mol. The molecule has 0 aromatic heterocycles. The van der Waals surface area contributed by atoms with Crippen LogP contribution in [0.15, 0.2) is 5.16 Å². The molecule has 1 rings (SSSR count). The Bertz CT molecular complexity index is 194. The lowest BCUT2D eigenvalue weighted by Crippen LogP contribution is -2.48. The highest BCUT2D eigenvalue weighted by Gasteiger charge is 2.41. The number of alkyl halides is 2. The molecule has 0 aliphatic carbocycles.